The Hall–Kier alpha value is -3.42. The first-order chi connectivity index (χ1) is 16.0. The summed E-state index contributed by atoms with van der Waals surface area (Å²) in [7, 11) is 0. The maximum absolute atomic E-state index is 13.3. The number of benzene rings is 2. The van der Waals surface area contributed by atoms with E-state index in [4.69, 9.17) is 0 Å². The molecule has 0 aliphatic carbocycles. The van der Waals surface area contributed by atoms with Crippen molar-refractivity contribution >= 4 is 17.2 Å². The molecule has 2 heterocycles. The normalized spacial score (nSPS) is 11.0. The fourth-order valence-electron chi connectivity index (χ4n) is 3.42. The summed E-state index contributed by atoms with van der Waals surface area (Å²) in [6, 6.07) is 18.7. The van der Waals surface area contributed by atoms with Crippen LogP contribution in [0.2, 0.25) is 0 Å². The molecule has 168 valence electrons. The van der Waals surface area contributed by atoms with Gasteiger partial charge in [-0.15, -0.1) is 11.3 Å². The van der Waals surface area contributed by atoms with Crippen LogP contribution >= 0.6 is 11.3 Å². The first kappa shape index (κ1) is 22.8. The van der Waals surface area contributed by atoms with Gasteiger partial charge in [0.1, 0.15) is 16.5 Å². The van der Waals surface area contributed by atoms with Gasteiger partial charge in [0.15, 0.2) is 0 Å². The maximum Gasteiger partial charge on any atom is 0.271 e. The Bertz CT molecular complexity index is 1130. The summed E-state index contributed by atoms with van der Waals surface area (Å²) in [5.74, 6) is -0.448. The van der Waals surface area contributed by atoms with Crippen molar-refractivity contribution in [3.63, 3.8) is 0 Å². The second-order valence-electron chi connectivity index (χ2n) is 7.93. The molecular weight excluding hydrogens is 435 g/mol. The second kappa shape index (κ2) is 10.9. The number of amides is 1. The maximum atomic E-state index is 13.3. The molecule has 0 aliphatic rings. The van der Waals surface area contributed by atoms with E-state index < -0.39 is 0 Å². The molecule has 0 unspecified atom stereocenters. The van der Waals surface area contributed by atoms with E-state index in [1.165, 1.54) is 34.6 Å². The lowest BCUT2D eigenvalue weighted by Gasteiger charge is -2.21. The van der Waals surface area contributed by atoms with Crippen molar-refractivity contribution in [3.05, 3.63) is 117 Å². The van der Waals surface area contributed by atoms with E-state index in [-0.39, 0.29) is 11.7 Å². The van der Waals surface area contributed by atoms with Crippen molar-refractivity contribution in [2.45, 2.75) is 33.1 Å². The van der Waals surface area contributed by atoms with Gasteiger partial charge < -0.3 is 5.32 Å². The lowest BCUT2D eigenvalue weighted by atomic mass is 10.1. The zero-order valence-electron chi connectivity index (χ0n) is 18.4. The largest absolute Gasteiger partial charge is 0.347 e. The number of thiazole rings is 1. The van der Waals surface area contributed by atoms with Gasteiger partial charge in [-0.3, -0.25) is 14.7 Å². The number of halogens is 1. The molecule has 0 saturated heterocycles. The number of carbonyl (C=O) groups excluding carboxylic acids is 1. The number of hydrogen-bond acceptors (Lipinski definition) is 5. The van der Waals surface area contributed by atoms with Crippen LogP contribution in [-0.2, 0) is 26.2 Å². The molecule has 0 bridgehead atoms. The van der Waals surface area contributed by atoms with Crippen molar-refractivity contribution in [1.82, 2.24) is 20.2 Å². The number of aryl methyl sites for hydroxylation is 1. The molecule has 7 heteroatoms. The summed E-state index contributed by atoms with van der Waals surface area (Å²) in [5.41, 5.74) is 4.77. The van der Waals surface area contributed by atoms with Crippen molar-refractivity contribution in [3.8, 4) is 0 Å². The van der Waals surface area contributed by atoms with Crippen LogP contribution in [0.1, 0.15) is 37.7 Å². The highest BCUT2D eigenvalue weighted by Gasteiger charge is 2.15. The average molecular weight is 461 g/mol. The second-order valence-corrected chi connectivity index (χ2v) is 8.87. The summed E-state index contributed by atoms with van der Waals surface area (Å²) in [6.45, 7) is 4.43. The van der Waals surface area contributed by atoms with Crippen LogP contribution < -0.4 is 5.32 Å². The van der Waals surface area contributed by atoms with Gasteiger partial charge in [-0.05, 0) is 41.8 Å². The number of nitrogens with one attached hydrogen (secondary N) is 1. The molecular formula is C26H25FN4OS. The molecule has 2 aromatic heterocycles. The molecule has 33 heavy (non-hydrogen) atoms. The molecule has 0 radical (unpaired) electrons. The van der Waals surface area contributed by atoms with E-state index in [1.54, 1.807) is 29.9 Å². The summed E-state index contributed by atoms with van der Waals surface area (Å²) < 4.78 is 13.3. The van der Waals surface area contributed by atoms with Crippen molar-refractivity contribution in [2.75, 3.05) is 0 Å². The highest BCUT2D eigenvalue weighted by Crippen LogP contribution is 2.18. The molecule has 0 spiro atoms. The minimum absolute atomic E-state index is 0.204. The fourth-order valence-corrected chi connectivity index (χ4v) is 4.24. The average Bonchev–Trinajstić information content (AvgIpc) is 3.30. The van der Waals surface area contributed by atoms with Crippen LogP contribution in [0.25, 0.3) is 0 Å². The van der Waals surface area contributed by atoms with Gasteiger partial charge in [0.2, 0.25) is 0 Å². The minimum Gasteiger partial charge on any atom is -0.347 e. The molecule has 0 aliphatic heterocycles. The summed E-state index contributed by atoms with van der Waals surface area (Å²) in [4.78, 5) is 23.4. The fraction of sp³-hybridized carbons (Fsp3) is 0.192. The van der Waals surface area contributed by atoms with E-state index in [0.717, 1.165) is 22.7 Å². The first-order valence-corrected chi connectivity index (χ1v) is 11.6. The van der Waals surface area contributed by atoms with Gasteiger partial charge in [-0.2, -0.15) is 0 Å². The third-order valence-electron chi connectivity index (χ3n) is 5.17. The Labute approximate surface area is 197 Å². The number of aromatic nitrogens is 2. The lowest BCUT2D eigenvalue weighted by molar-refractivity contribution is 0.0946. The van der Waals surface area contributed by atoms with Gasteiger partial charge >= 0.3 is 0 Å². The lowest BCUT2D eigenvalue weighted by Crippen LogP contribution is -2.24. The Morgan fingerprint density at radius 1 is 0.970 bits per heavy atom. The molecule has 1 amide bonds. The quantitative estimate of drug-likeness (QED) is 0.377. The van der Waals surface area contributed by atoms with E-state index in [0.29, 0.717) is 25.3 Å². The van der Waals surface area contributed by atoms with Crippen LogP contribution in [-0.4, -0.2) is 20.8 Å². The highest BCUT2D eigenvalue weighted by molar-refractivity contribution is 7.09. The standard InChI is InChI=1S/C26H25FN4OS/c1-19-4-6-20(7-5-19)15-31(16-21-8-10-23(27)11-9-21)17-25-30-24(18-33-25)26(32)29-14-22-3-2-12-28-13-22/h2-13,18H,14-17H2,1H3,(H,29,32). The van der Waals surface area contributed by atoms with E-state index in [2.05, 4.69) is 51.4 Å². The van der Waals surface area contributed by atoms with Crippen LogP contribution in [0.15, 0.2) is 78.4 Å². The van der Waals surface area contributed by atoms with Gasteiger partial charge in [-0.1, -0.05) is 48.0 Å². The van der Waals surface area contributed by atoms with Crippen LogP contribution in [0, 0.1) is 12.7 Å². The molecule has 2 aromatic carbocycles. The molecule has 4 aromatic rings. The predicted octanol–water partition coefficient (Wildman–Crippen LogP) is 5.12. The molecule has 5 nitrogen and oxygen atoms in total. The Balaban J connectivity index is 1.43. The van der Waals surface area contributed by atoms with Gasteiger partial charge in [0.25, 0.3) is 5.91 Å². The Morgan fingerprint density at radius 2 is 1.67 bits per heavy atom. The topological polar surface area (TPSA) is 58.1 Å². The van der Waals surface area contributed by atoms with Gasteiger partial charge in [0, 0.05) is 37.4 Å². The van der Waals surface area contributed by atoms with Crippen molar-refractivity contribution < 1.29 is 9.18 Å². The summed E-state index contributed by atoms with van der Waals surface area (Å²) in [6.07, 6.45) is 3.43. The number of rotatable bonds is 9. The molecule has 0 saturated carbocycles. The molecule has 0 fully saturated rings. The van der Waals surface area contributed by atoms with Crippen molar-refractivity contribution in [2.24, 2.45) is 0 Å². The molecule has 1 N–H and O–H groups in total. The number of nitrogens with zero attached hydrogens (tertiary/aromatic N) is 3. The van der Waals surface area contributed by atoms with Gasteiger partial charge in [-0.25, -0.2) is 9.37 Å². The third kappa shape index (κ3) is 6.78. The zero-order valence-corrected chi connectivity index (χ0v) is 19.2. The minimum atomic E-state index is -0.245. The number of hydrogen-bond donors (Lipinski definition) is 1. The predicted molar refractivity (Wildman–Crippen MR) is 128 cm³/mol. The number of pyridine rings is 1. The monoisotopic (exact) mass is 460 g/mol. The molecule has 4 rings (SSSR count). The SMILES string of the molecule is Cc1ccc(CN(Cc2ccc(F)cc2)Cc2nc(C(=O)NCc3cccnc3)cs2)cc1. The highest BCUT2D eigenvalue weighted by atomic mass is 32.1. The molecule has 0 atom stereocenters. The van der Waals surface area contributed by atoms with Crippen molar-refractivity contribution in [1.29, 1.82) is 0 Å². The first-order valence-electron chi connectivity index (χ1n) is 10.7. The zero-order chi connectivity index (χ0) is 23.0. The van der Waals surface area contributed by atoms with Crippen LogP contribution in [0.3, 0.4) is 0 Å². The third-order valence-corrected chi connectivity index (χ3v) is 6.00. The van der Waals surface area contributed by atoms with Crippen LogP contribution in [0.5, 0.6) is 0 Å². The van der Waals surface area contributed by atoms with E-state index in [1.807, 2.05) is 12.1 Å². The van der Waals surface area contributed by atoms with E-state index in [9.17, 15) is 9.18 Å². The van der Waals surface area contributed by atoms with E-state index >= 15 is 0 Å². The number of carbonyl (C=O) groups is 1. The van der Waals surface area contributed by atoms with Gasteiger partial charge in [0.05, 0.1) is 6.54 Å². The van der Waals surface area contributed by atoms with Crippen LogP contribution in [0.4, 0.5) is 4.39 Å². The summed E-state index contributed by atoms with van der Waals surface area (Å²) in [5, 5.41) is 5.53. The summed E-state index contributed by atoms with van der Waals surface area (Å²) >= 11 is 1.47. The Kier molecular flexibility index (Phi) is 7.55. The Morgan fingerprint density at radius 3 is 2.33 bits per heavy atom. The smallest absolute Gasteiger partial charge is 0.271 e.